The van der Waals surface area contributed by atoms with Crippen LogP contribution < -0.4 is 25.7 Å². The Morgan fingerprint density at radius 3 is 2.40 bits per heavy atom. The number of methoxy groups -OCH3 is 1. The molecule has 7 atom stereocenters. The second-order valence-corrected chi connectivity index (χ2v) is 19.5. The van der Waals surface area contributed by atoms with Crippen molar-refractivity contribution in [1.82, 2.24) is 30.0 Å². The van der Waals surface area contributed by atoms with E-state index in [1.165, 1.54) is 18.7 Å². The molecule has 2 saturated carbocycles. The monoisotopic (exact) mass is 866 g/mol. The number of rotatable bonds is 10. The van der Waals surface area contributed by atoms with Crippen LogP contribution in [0.3, 0.4) is 0 Å². The van der Waals surface area contributed by atoms with Gasteiger partial charge in [-0.25, -0.2) is 17.9 Å². The Balaban J connectivity index is 1.38. The van der Waals surface area contributed by atoms with Gasteiger partial charge in [0.05, 0.1) is 35.2 Å². The Labute approximate surface area is 346 Å². The van der Waals surface area contributed by atoms with Crippen LogP contribution in [0, 0.1) is 17.8 Å². The molecule has 2 aliphatic carbocycles. The predicted octanol–water partition coefficient (Wildman–Crippen LogP) is 3.71. The Kier molecular flexibility index (Phi) is 12.4. The first-order valence-corrected chi connectivity index (χ1v) is 21.6. The summed E-state index contributed by atoms with van der Waals surface area (Å²) in [6.07, 6.45) is -1.75. The highest BCUT2D eigenvalue weighted by molar-refractivity contribution is 7.91. The molecule has 3 fully saturated rings. The molecule has 4 aliphatic rings. The number of nitrogens with zero attached hydrogens (tertiary/aromatic N) is 3. The van der Waals surface area contributed by atoms with Crippen LogP contribution >= 0.6 is 0 Å². The fraction of sp³-hybridized carbons (Fsp3) is 0.650. The van der Waals surface area contributed by atoms with Crippen LogP contribution in [-0.4, -0.2) is 107 Å². The molecule has 3 N–H and O–H groups in total. The summed E-state index contributed by atoms with van der Waals surface area (Å²) in [5, 5.41) is 10.2. The molecule has 4 amide bonds. The first-order valence-electron chi connectivity index (χ1n) is 20.1. The lowest BCUT2D eigenvalue weighted by atomic mass is 9.88. The average molecular weight is 867 g/mol. The highest BCUT2D eigenvalue weighted by Gasteiger charge is 2.63. The second-order valence-electron chi connectivity index (χ2n) is 17.4. The van der Waals surface area contributed by atoms with Gasteiger partial charge in [-0.2, -0.15) is 13.2 Å². The van der Waals surface area contributed by atoms with Crippen LogP contribution in [0.2, 0.25) is 0 Å². The number of carbonyl (C=O) groups excluding carboxylic acids is 4. The lowest BCUT2D eigenvalue weighted by molar-refractivity contribution is -0.244. The fourth-order valence-corrected chi connectivity index (χ4v) is 9.13. The Morgan fingerprint density at radius 1 is 1.07 bits per heavy atom. The zero-order valence-electron chi connectivity index (χ0n) is 34.5. The molecule has 6 rings (SSSR count). The number of sulfonamides is 1. The van der Waals surface area contributed by atoms with E-state index >= 15 is 0 Å². The van der Waals surface area contributed by atoms with Crippen molar-refractivity contribution in [2.24, 2.45) is 17.8 Å². The van der Waals surface area contributed by atoms with E-state index in [0.717, 1.165) is 4.90 Å². The number of aromatic nitrogens is 2. The summed E-state index contributed by atoms with van der Waals surface area (Å²) < 4.78 is 86.3. The second kappa shape index (κ2) is 16.6. The molecule has 60 heavy (non-hydrogen) atoms. The van der Waals surface area contributed by atoms with Crippen molar-refractivity contribution in [3.05, 3.63) is 46.8 Å². The highest BCUT2D eigenvalue weighted by atomic mass is 32.2. The number of alkyl carbamates (subject to hydrolysis) is 1. The topological polar surface area (TPSA) is 204 Å². The van der Waals surface area contributed by atoms with Crippen LogP contribution in [0.5, 0.6) is 5.88 Å². The van der Waals surface area contributed by atoms with Crippen molar-refractivity contribution in [2.45, 2.75) is 126 Å². The van der Waals surface area contributed by atoms with E-state index in [0.29, 0.717) is 51.3 Å². The molecule has 2 aromatic rings. The van der Waals surface area contributed by atoms with Crippen molar-refractivity contribution in [1.29, 1.82) is 0 Å². The van der Waals surface area contributed by atoms with Gasteiger partial charge in [-0.1, -0.05) is 38.1 Å². The van der Waals surface area contributed by atoms with Gasteiger partial charge in [0.15, 0.2) is 0 Å². The van der Waals surface area contributed by atoms with E-state index in [1.807, 2.05) is 13.0 Å². The summed E-state index contributed by atoms with van der Waals surface area (Å²) in [4.78, 5) is 70.9. The lowest BCUT2D eigenvalue weighted by Gasteiger charge is -2.34. The summed E-state index contributed by atoms with van der Waals surface area (Å²) >= 11 is 0. The first-order chi connectivity index (χ1) is 28.0. The maximum atomic E-state index is 14.8. The third kappa shape index (κ3) is 9.13. The van der Waals surface area contributed by atoms with Crippen molar-refractivity contribution in [3.8, 4) is 5.88 Å². The van der Waals surface area contributed by atoms with E-state index < -0.39 is 91.5 Å². The molecule has 2 aliphatic heterocycles. The van der Waals surface area contributed by atoms with Gasteiger partial charge in [0, 0.05) is 19.4 Å². The molecule has 1 aromatic carbocycles. The van der Waals surface area contributed by atoms with Gasteiger partial charge in [-0.05, 0) is 83.3 Å². The fourth-order valence-electron chi connectivity index (χ4n) is 7.82. The van der Waals surface area contributed by atoms with E-state index in [1.54, 1.807) is 37.3 Å². The zero-order valence-corrected chi connectivity index (χ0v) is 35.3. The summed E-state index contributed by atoms with van der Waals surface area (Å²) in [6.45, 7) is 6.40. The van der Waals surface area contributed by atoms with Gasteiger partial charge in [-0.15, -0.1) is 5.10 Å². The number of ether oxygens (including phenoxy) is 3. The van der Waals surface area contributed by atoms with Gasteiger partial charge in [-0.3, -0.25) is 23.9 Å². The minimum Gasteiger partial charge on any atom is -0.471 e. The lowest BCUT2D eigenvalue weighted by Crippen LogP contribution is -2.59. The number of halogens is 3. The maximum absolute atomic E-state index is 14.8. The number of nitrogens with one attached hydrogen (secondary N) is 3. The van der Waals surface area contributed by atoms with Gasteiger partial charge in [0.2, 0.25) is 33.3 Å². The van der Waals surface area contributed by atoms with E-state index in [2.05, 4.69) is 20.5 Å². The highest BCUT2D eigenvalue weighted by Crippen LogP contribution is 2.47. The molecular formula is C40H53F3N6O10S. The van der Waals surface area contributed by atoms with Gasteiger partial charge in [0.25, 0.3) is 11.5 Å². The molecule has 0 unspecified atom stereocenters. The van der Waals surface area contributed by atoms with Crippen LogP contribution in [0.15, 0.2) is 41.2 Å². The minimum atomic E-state index is -4.94. The molecule has 16 nitrogen and oxygen atoms in total. The normalized spacial score (nSPS) is 28.9. The number of benzene rings is 1. The Bertz CT molecular complexity index is 2210. The maximum Gasteiger partial charge on any atom is 0.427 e. The number of hydrogen-bond acceptors (Lipinski definition) is 11. The van der Waals surface area contributed by atoms with Crippen molar-refractivity contribution in [3.63, 3.8) is 0 Å². The molecule has 3 heterocycles. The number of fused-ring (bicyclic) bond motifs is 3. The van der Waals surface area contributed by atoms with Crippen LogP contribution in [-0.2, 0) is 40.4 Å². The average Bonchev–Trinajstić information content (AvgIpc) is 4.05. The number of amides is 4. The number of hydrogen-bond donors (Lipinski definition) is 3. The van der Waals surface area contributed by atoms with E-state index in [9.17, 15) is 45.6 Å². The molecule has 1 saturated heterocycles. The van der Waals surface area contributed by atoms with Crippen molar-refractivity contribution in [2.75, 3.05) is 20.3 Å². The SMILES string of the molecule is COCCn1nc(O[C@@H]2C[C@H]3C(=O)N[C@]4(C(=O)NS(=O)(=O)C5(C)CC5)C[C@H]4/C=C\CC[C@H](C)C[C@@H](C)[C@H](NC(=O)OC(C)(C)C(F)(F)F)C(=O)N3C2)c2ccccc2c1=O. The zero-order chi connectivity index (χ0) is 44.0. The summed E-state index contributed by atoms with van der Waals surface area (Å²) in [5.74, 6) is -3.88. The summed E-state index contributed by atoms with van der Waals surface area (Å²) in [7, 11) is -2.64. The number of alkyl halides is 3. The predicted molar refractivity (Wildman–Crippen MR) is 211 cm³/mol. The van der Waals surface area contributed by atoms with Crippen molar-refractivity contribution >= 4 is 44.6 Å². The van der Waals surface area contributed by atoms with Crippen molar-refractivity contribution < 1.29 is 55.0 Å². The Hall–Kier alpha value is -4.72. The van der Waals surface area contributed by atoms with Gasteiger partial charge >= 0.3 is 12.3 Å². The molecule has 0 spiro atoms. The molecule has 0 radical (unpaired) electrons. The third-order valence-corrected chi connectivity index (χ3v) is 14.3. The van der Waals surface area contributed by atoms with E-state index in [-0.39, 0.29) is 49.7 Å². The van der Waals surface area contributed by atoms with Crippen LogP contribution in [0.25, 0.3) is 10.8 Å². The standard InChI is InChI=1S/C40H53F3N6O10S/c1-23-11-7-8-12-25-21-39(25,35(53)47-60(55,56)38(5)15-16-38)45-31(50)29-20-26(58-32-27-13-9-10-14-28(27)33(51)49(46-32)17-18-57-6)22-48(29)34(52)30(24(2)19-23)44-36(54)59-37(3,4)40(41,42)43/h8-10,12-14,23-26,29-30H,7,11,15-22H2,1-6H3,(H,44,54)(H,45,50)(H,47,53)/b12-8-/t23-,24+,25+,26+,29-,30-,39+/m0/s1. The largest absolute Gasteiger partial charge is 0.471 e. The van der Waals surface area contributed by atoms with E-state index in [4.69, 9.17) is 14.2 Å². The molecular weight excluding hydrogens is 814 g/mol. The van der Waals surface area contributed by atoms with Gasteiger partial charge < -0.3 is 29.7 Å². The minimum absolute atomic E-state index is 0.0127. The quantitative estimate of drug-likeness (QED) is 0.294. The molecule has 0 bridgehead atoms. The van der Waals surface area contributed by atoms with Crippen LogP contribution in [0.4, 0.5) is 18.0 Å². The smallest absolute Gasteiger partial charge is 0.427 e. The summed E-state index contributed by atoms with van der Waals surface area (Å²) in [6, 6.07) is 3.70. The molecule has 20 heteroatoms. The molecule has 1 aromatic heterocycles. The number of carbonyl (C=O) groups is 4. The third-order valence-electron chi connectivity index (χ3n) is 12.2. The Morgan fingerprint density at radius 2 is 1.75 bits per heavy atom. The summed E-state index contributed by atoms with van der Waals surface area (Å²) in [5.41, 5.74) is -5.00. The number of allylic oxidation sites excluding steroid dienone is 1. The van der Waals surface area contributed by atoms with Crippen LogP contribution in [0.1, 0.15) is 79.6 Å². The first kappa shape index (κ1) is 44.8. The molecule has 330 valence electrons. The van der Waals surface area contributed by atoms with Gasteiger partial charge in [0.1, 0.15) is 23.7 Å².